The molecule has 2 aromatic rings. The highest BCUT2D eigenvalue weighted by Crippen LogP contribution is 2.29. The van der Waals surface area contributed by atoms with E-state index < -0.39 is 6.10 Å². The van der Waals surface area contributed by atoms with Crippen molar-refractivity contribution < 1.29 is 9.90 Å². The molecule has 1 aliphatic rings. The summed E-state index contributed by atoms with van der Waals surface area (Å²) in [7, 11) is 0. The normalized spacial score (nSPS) is 15.4. The maximum Gasteiger partial charge on any atom is 0.224 e. The maximum absolute atomic E-state index is 11.3. The topological polar surface area (TPSA) is 49.3 Å². The molecular formula is C16H14INO2. The van der Waals surface area contributed by atoms with Crippen molar-refractivity contribution in [2.45, 2.75) is 18.9 Å². The van der Waals surface area contributed by atoms with Crippen LogP contribution in [0.15, 0.2) is 42.5 Å². The summed E-state index contributed by atoms with van der Waals surface area (Å²) in [5.74, 6) is 0.0587. The van der Waals surface area contributed by atoms with Gasteiger partial charge in [-0.1, -0.05) is 24.3 Å². The highest BCUT2D eigenvalue weighted by Gasteiger charge is 2.17. The molecule has 1 amide bonds. The molecule has 0 saturated carbocycles. The standard InChI is InChI=1S/C16H14INO2/c17-13-3-1-2-11(9-13)16(20)12-4-6-14-10(8-12)5-7-15(19)18-14/h1-4,6,8-9,16,20H,5,7H2,(H,18,19). The zero-order chi connectivity index (χ0) is 14.1. The SMILES string of the molecule is O=C1CCc2cc(C(O)c3cccc(I)c3)ccc2N1. The fourth-order valence-electron chi connectivity index (χ4n) is 2.44. The van der Waals surface area contributed by atoms with Gasteiger partial charge in [0.25, 0.3) is 0 Å². The number of fused-ring (bicyclic) bond motifs is 1. The number of aryl methyl sites for hydroxylation is 1. The van der Waals surface area contributed by atoms with Crippen LogP contribution in [-0.2, 0) is 11.2 Å². The van der Waals surface area contributed by atoms with Gasteiger partial charge in [-0.15, -0.1) is 0 Å². The number of hydrogen-bond acceptors (Lipinski definition) is 2. The average molecular weight is 379 g/mol. The Morgan fingerprint density at radius 3 is 2.70 bits per heavy atom. The number of amides is 1. The monoisotopic (exact) mass is 379 g/mol. The predicted octanol–water partition coefficient (Wildman–Crippen LogP) is 3.26. The van der Waals surface area contributed by atoms with E-state index in [1.54, 1.807) is 0 Å². The Kier molecular flexibility index (Phi) is 3.76. The number of hydrogen-bond donors (Lipinski definition) is 2. The van der Waals surface area contributed by atoms with Crippen LogP contribution in [0.5, 0.6) is 0 Å². The molecular weight excluding hydrogens is 365 g/mol. The Bertz CT molecular complexity index is 669. The minimum absolute atomic E-state index is 0.0587. The minimum Gasteiger partial charge on any atom is -0.384 e. The van der Waals surface area contributed by atoms with Crippen LogP contribution in [0.4, 0.5) is 5.69 Å². The number of rotatable bonds is 2. The lowest BCUT2D eigenvalue weighted by molar-refractivity contribution is -0.116. The van der Waals surface area contributed by atoms with Crippen molar-refractivity contribution in [3.63, 3.8) is 0 Å². The van der Waals surface area contributed by atoms with Crippen molar-refractivity contribution in [2.24, 2.45) is 0 Å². The van der Waals surface area contributed by atoms with Gasteiger partial charge in [0.15, 0.2) is 0 Å². The molecule has 3 nitrogen and oxygen atoms in total. The molecule has 3 rings (SSSR count). The Hall–Kier alpha value is -1.40. The molecule has 1 aliphatic heterocycles. The average Bonchev–Trinajstić information content (AvgIpc) is 2.46. The lowest BCUT2D eigenvalue weighted by Gasteiger charge is -2.19. The molecule has 0 bridgehead atoms. The summed E-state index contributed by atoms with van der Waals surface area (Å²) in [4.78, 5) is 11.3. The van der Waals surface area contributed by atoms with Gasteiger partial charge in [-0.25, -0.2) is 0 Å². The van der Waals surface area contributed by atoms with E-state index in [1.807, 2.05) is 42.5 Å². The van der Waals surface area contributed by atoms with Gasteiger partial charge in [-0.05, 0) is 63.9 Å². The second-order valence-corrected chi connectivity index (χ2v) is 6.17. The van der Waals surface area contributed by atoms with Crippen LogP contribution in [-0.4, -0.2) is 11.0 Å². The van der Waals surface area contributed by atoms with E-state index in [4.69, 9.17) is 0 Å². The summed E-state index contributed by atoms with van der Waals surface area (Å²) in [6, 6.07) is 13.6. The summed E-state index contributed by atoms with van der Waals surface area (Å²) < 4.78 is 1.10. The first-order chi connectivity index (χ1) is 9.63. The van der Waals surface area contributed by atoms with Crippen LogP contribution in [0.2, 0.25) is 0 Å². The highest BCUT2D eigenvalue weighted by atomic mass is 127. The molecule has 1 unspecified atom stereocenters. The Morgan fingerprint density at radius 1 is 1.10 bits per heavy atom. The molecule has 0 aromatic heterocycles. The number of anilines is 1. The zero-order valence-electron chi connectivity index (χ0n) is 10.8. The fourth-order valence-corrected chi connectivity index (χ4v) is 3.01. The van der Waals surface area contributed by atoms with Crippen molar-refractivity contribution >= 4 is 34.2 Å². The van der Waals surface area contributed by atoms with Gasteiger partial charge >= 0.3 is 0 Å². The van der Waals surface area contributed by atoms with Gasteiger partial charge in [-0.2, -0.15) is 0 Å². The molecule has 102 valence electrons. The Balaban J connectivity index is 1.93. The second kappa shape index (κ2) is 5.54. The smallest absolute Gasteiger partial charge is 0.224 e. The molecule has 2 aromatic carbocycles. The first kappa shape index (κ1) is 13.6. The van der Waals surface area contributed by atoms with E-state index in [-0.39, 0.29) is 5.91 Å². The van der Waals surface area contributed by atoms with Gasteiger partial charge in [0.2, 0.25) is 5.91 Å². The number of benzene rings is 2. The third-order valence-electron chi connectivity index (χ3n) is 3.50. The Morgan fingerprint density at radius 2 is 1.90 bits per heavy atom. The number of carbonyl (C=O) groups is 1. The van der Waals surface area contributed by atoms with E-state index in [2.05, 4.69) is 27.9 Å². The first-order valence-electron chi connectivity index (χ1n) is 6.50. The van der Waals surface area contributed by atoms with E-state index in [0.717, 1.165) is 32.4 Å². The number of aliphatic hydroxyl groups excluding tert-OH is 1. The van der Waals surface area contributed by atoms with E-state index in [1.165, 1.54) is 0 Å². The van der Waals surface area contributed by atoms with Crippen LogP contribution in [0, 0.1) is 3.57 Å². The molecule has 0 fully saturated rings. The largest absolute Gasteiger partial charge is 0.384 e. The summed E-state index contributed by atoms with van der Waals surface area (Å²) >= 11 is 2.24. The summed E-state index contributed by atoms with van der Waals surface area (Å²) in [5.41, 5.74) is 3.70. The van der Waals surface area contributed by atoms with Gasteiger partial charge < -0.3 is 10.4 Å². The van der Waals surface area contributed by atoms with Crippen molar-refractivity contribution in [3.8, 4) is 0 Å². The van der Waals surface area contributed by atoms with Crippen molar-refractivity contribution in [2.75, 3.05) is 5.32 Å². The van der Waals surface area contributed by atoms with E-state index >= 15 is 0 Å². The van der Waals surface area contributed by atoms with Crippen LogP contribution in [0.25, 0.3) is 0 Å². The van der Waals surface area contributed by atoms with Crippen LogP contribution in [0.1, 0.15) is 29.2 Å². The van der Waals surface area contributed by atoms with Gasteiger partial charge in [0, 0.05) is 15.7 Å². The number of halogens is 1. The fraction of sp³-hybridized carbons (Fsp3) is 0.188. The molecule has 0 saturated heterocycles. The van der Waals surface area contributed by atoms with E-state index in [0.29, 0.717) is 6.42 Å². The molecule has 0 spiro atoms. The van der Waals surface area contributed by atoms with E-state index in [9.17, 15) is 9.90 Å². The third kappa shape index (κ3) is 2.71. The molecule has 0 aliphatic carbocycles. The van der Waals surface area contributed by atoms with Crippen LogP contribution in [0.3, 0.4) is 0 Å². The van der Waals surface area contributed by atoms with Crippen molar-refractivity contribution in [1.82, 2.24) is 0 Å². The summed E-state index contributed by atoms with van der Waals surface area (Å²) in [6.07, 6.45) is 0.608. The third-order valence-corrected chi connectivity index (χ3v) is 4.18. The minimum atomic E-state index is -0.632. The van der Waals surface area contributed by atoms with Gasteiger partial charge in [-0.3, -0.25) is 4.79 Å². The molecule has 1 heterocycles. The highest BCUT2D eigenvalue weighted by molar-refractivity contribution is 14.1. The van der Waals surface area contributed by atoms with Crippen molar-refractivity contribution in [3.05, 3.63) is 62.7 Å². The number of nitrogens with one attached hydrogen (secondary N) is 1. The second-order valence-electron chi connectivity index (χ2n) is 4.92. The molecule has 0 radical (unpaired) electrons. The number of carbonyl (C=O) groups excluding carboxylic acids is 1. The zero-order valence-corrected chi connectivity index (χ0v) is 12.9. The van der Waals surface area contributed by atoms with Gasteiger partial charge in [0.1, 0.15) is 6.10 Å². The molecule has 20 heavy (non-hydrogen) atoms. The maximum atomic E-state index is 11.3. The quantitative estimate of drug-likeness (QED) is 0.788. The van der Waals surface area contributed by atoms with Crippen LogP contribution < -0.4 is 5.32 Å². The molecule has 1 atom stereocenters. The lowest BCUT2D eigenvalue weighted by atomic mass is 9.95. The molecule has 4 heteroatoms. The first-order valence-corrected chi connectivity index (χ1v) is 7.57. The van der Waals surface area contributed by atoms with Crippen molar-refractivity contribution in [1.29, 1.82) is 0 Å². The number of aliphatic hydroxyl groups is 1. The van der Waals surface area contributed by atoms with Gasteiger partial charge in [0.05, 0.1) is 0 Å². The molecule has 2 N–H and O–H groups in total. The van der Waals surface area contributed by atoms with Crippen LogP contribution >= 0.6 is 22.6 Å². The predicted molar refractivity (Wildman–Crippen MR) is 86.6 cm³/mol. The summed E-state index contributed by atoms with van der Waals surface area (Å²) in [5, 5.41) is 13.3. The summed E-state index contributed by atoms with van der Waals surface area (Å²) in [6.45, 7) is 0. The lowest BCUT2D eigenvalue weighted by Crippen LogP contribution is -2.19. The Labute approximate surface area is 131 Å².